The zero-order chi connectivity index (χ0) is 94.9. The first-order chi connectivity index (χ1) is 61.0. The molecular weight excluding hydrogens is 1780 g/mol. The molecule has 11 aliphatic rings. The van der Waals surface area contributed by atoms with Crippen molar-refractivity contribution in [2.75, 3.05) is 72.7 Å². The van der Waals surface area contributed by atoms with Gasteiger partial charge >= 0.3 is 5.97 Å². The van der Waals surface area contributed by atoms with E-state index in [0.717, 1.165) is 6.92 Å². The monoisotopic (exact) mass is 1900 g/mol. The van der Waals surface area contributed by atoms with Gasteiger partial charge in [0.2, 0.25) is 5.91 Å². The summed E-state index contributed by atoms with van der Waals surface area (Å²) >= 11 is 0. The van der Waals surface area contributed by atoms with Crippen LogP contribution in [0.15, 0.2) is 0 Å². The summed E-state index contributed by atoms with van der Waals surface area (Å²) in [6.45, 7) is -12.4. The van der Waals surface area contributed by atoms with Crippen LogP contribution in [-0.2, 0) is 109 Å². The van der Waals surface area contributed by atoms with Crippen LogP contribution in [0.3, 0.4) is 0 Å². The summed E-state index contributed by atoms with van der Waals surface area (Å²) in [4.78, 5) is 25.7. The maximum absolute atomic E-state index is 13.2. The molecule has 1 amide bonds. The lowest BCUT2D eigenvalue weighted by Crippen LogP contribution is -2.70. The van der Waals surface area contributed by atoms with E-state index in [9.17, 15) is 188 Å². The molecule has 11 saturated heterocycles. The molecule has 0 aromatic rings. The van der Waals surface area contributed by atoms with Crippen LogP contribution in [0.2, 0.25) is 0 Å². The number of hydrogen-bond acceptors (Lipinski definition) is 57. The number of carboxylic acid groups (broad SMARTS) is 1. The summed E-state index contributed by atoms with van der Waals surface area (Å²) < 4.78 is 123. The molecule has 0 spiro atoms. The second-order valence-electron chi connectivity index (χ2n) is 32.5. The van der Waals surface area contributed by atoms with Crippen molar-refractivity contribution in [3.8, 4) is 0 Å². The molecule has 55 atom stereocenters. The van der Waals surface area contributed by atoms with Gasteiger partial charge in [-0.1, -0.05) is 0 Å². The van der Waals surface area contributed by atoms with E-state index in [1.807, 2.05) is 0 Å². The molecule has 0 aromatic carbocycles. The number of carbonyl (C=O) groups excluding carboxylic acids is 1. The van der Waals surface area contributed by atoms with Crippen molar-refractivity contribution in [1.29, 1.82) is 0 Å². The van der Waals surface area contributed by atoms with Crippen LogP contribution in [0.1, 0.15) is 13.3 Å². The zero-order valence-corrected chi connectivity index (χ0v) is 67.7. The molecule has 11 rings (SSSR count). The first-order valence-electron chi connectivity index (χ1n) is 40.8. The molecule has 0 saturated carbocycles. The number of amides is 1. The third-order valence-corrected chi connectivity index (χ3v) is 24.0. The largest absolute Gasteiger partial charge is 0.477 e. The number of rotatable bonds is 34. The number of nitrogens with one attached hydrogen (secondary N) is 1. The first-order valence-corrected chi connectivity index (χ1v) is 40.8. The minimum atomic E-state index is -3.40. The van der Waals surface area contributed by atoms with E-state index in [-0.39, 0.29) is 0 Å². The number of carboxylic acids is 1. The SMILES string of the molecule is CC(=O)N[C@H]1[C@@H](O[C@H]2[C@H](O[C@H]3[C@H](O[C@@H]4O[C@H](CO)[C@@H](O)[C@H](O)[C@H]4O)[C@@H](O)[C@@H](O[C@H]4[C@@H]([C@H](O)CO)OC(O)(C(=O)O)C[C@H]4O)O[C@@H]3CO[C@@H]3O[C@H](CO)[C@@H](O)[C@H](O)[C@H]3O[C@H]3O[C@H](CO)[C@@H](O[C@@H]4O[C@H](CO)[C@H](O[C@H]5O[C@H](CO)[C@H](O)[C@H](O)[C@H]5O)[C@H](O)[C@H]4O)[C@H](O)[C@H]3O)O[C@H](CO)[C@@H](O)[C@@H]2O)O[C@H](CO)[C@@H](O[C@@H]2O[C@H](CO)[C@H](O[C@H]3O[C@H](CO)[C@H](O)[C@H](O)[C@H]3O)[C@H](O)[C@H]2O)[C@@H]1O. The van der Waals surface area contributed by atoms with Crippen molar-refractivity contribution in [1.82, 2.24) is 5.32 Å². The molecular formula is C70H117NO58. The van der Waals surface area contributed by atoms with Crippen molar-refractivity contribution in [3.05, 3.63) is 0 Å². The molecule has 0 bridgehead atoms. The smallest absolute Gasteiger partial charge is 0.364 e. The molecule has 36 N–H and O–H groups in total. The van der Waals surface area contributed by atoms with Crippen LogP contribution in [0.25, 0.3) is 0 Å². The third-order valence-electron chi connectivity index (χ3n) is 24.0. The fourth-order valence-corrected chi connectivity index (χ4v) is 16.6. The highest BCUT2D eigenvalue weighted by atomic mass is 16.8. The highest BCUT2D eigenvalue weighted by Gasteiger charge is 2.64. The molecule has 11 aliphatic heterocycles. The van der Waals surface area contributed by atoms with E-state index >= 15 is 0 Å². The van der Waals surface area contributed by atoms with Crippen LogP contribution in [0, 0.1) is 0 Å². The molecule has 0 aromatic heterocycles. The highest BCUT2D eigenvalue weighted by Crippen LogP contribution is 2.43. The zero-order valence-electron chi connectivity index (χ0n) is 67.7. The fourth-order valence-electron chi connectivity index (χ4n) is 16.6. The second-order valence-corrected chi connectivity index (χ2v) is 32.5. The van der Waals surface area contributed by atoms with Gasteiger partial charge in [-0.2, -0.15) is 0 Å². The van der Waals surface area contributed by atoms with Gasteiger partial charge in [0.25, 0.3) is 5.79 Å². The van der Waals surface area contributed by atoms with Crippen molar-refractivity contribution in [2.45, 2.75) is 351 Å². The van der Waals surface area contributed by atoms with Crippen molar-refractivity contribution < 1.29 is 288 Å². The molecule has 59 heteroatoms. The van der Waals surface area contributed by atoms with Gasteiger partial charge in [-0.15, -0.1) is 0 Å². The normalized spacial score (nSPS) is 51.7. The standard InChI is InChI=1S/C70H117NO58/c1-14(82)71-27-33(90)51(121-63-45(102)39(96)52(23(10-79)116-63)122-60-42(99)34(91)28(85)17(4-73)110-60)22(9-78)115-59(27)127-58-38(95)32(89)21(8-77)114-68(58)125-55-26(119-66(48(105)56(55)126-62-44(101)36(93)30(87)19(6-75)112-62)120-49-15(83)2-70(108,69(106)107)129-50(49)16(84)3-72)13-109-67-57(37(94)31(88)20(7-76)113-67)128-65-47(104)41(98)54(25(12-81)118-65)124-64-46(103)40(97)53(24(11-80)117-64)123-61-43(100)35(92)29(86)18(5-74)111-61/h15-68,72-81,83-105,108H,2-13H2,1H3,(H,71,82)(H,106,107)/t15-,16-,17-,18-,19-,20-,21-,22-,23-,24-,25-,26-,27-,28+,29+,30-,31-,32-,33-,34+,35+,36+,37+,38+,39-,40-,41-,42-,43-,44-,45-,46-,47-,48-,49-,50-,51-,52+,53+,54-,55-,56-,57-,58-,59-,60-,61-,62+,63+,64+,65-,66-,67-,68+,70?/m1/s1. The van der Waals surface area contributed by atoms with Gasteiger partial charge in [0.1, 0.15) is 262 Å². The van der Waals surface area contributed by atoms with Gasteiger partial charge in [0.15, 0.2) is 62.9 Å². The summed E-state index contributed by atoms with van der Waals surface area (Å²) in [6.07, 6.45) is -120. The van der Waals surface area contributed by atoms with Crippen LogP contribution < -0.4 is 5.32 Å². The predicted octanol–water partition coefficient (Wildman–Crippen LogP) is -25.0. The number of hydrogen-bond donors (Lipinski definition) is 36. The quantitative estimate of drug-likeness (QED) is 0.0284. The summed E-state index contributed by atoms with van der Waals surface area (Å²) in [7, 11) is 0. The number of aliphatic hydroxyl groups is 34. The van der Waals surface area contributed by atoms with Gasteiger partial charge in [-0.25, -0.2) is 4.79 Å². The Kier molecular flexibility index (Phi) is 37.5. The van der Waals surface area contributed by atoms with Gasteiger partial charge < -0.3 is 284 Å². The summed E-state index contributed by atoms with van der Waals surface area (Å²) in [5.74, 6) is -6.66. The molecule has 1 unspecified atom stereocenters. The molecule has 129 heavy (non-hydrogen) atoms. The summed E-state index contributed by atoms with van der Waals surface area (Å²) in [5, 5.41) is 389. The lowest BCUT2D eigenvalue weighted by molar-refractivity contribution is -0.413. The molecule has 750 valence electrons. The highest BCUT2D eigenvalue weighted by molar-refractivity contribution is 5.75. The van der Waals surface area contributed by atoms with Crippen LogP contribution in [-0.4, -0.2) is 600 Å². The van der Waals surface area contributed by atoms with E-state index in [2.05, 4.69) is 5.32 Å². The minimum absolute atomic E-state index is 0.857. The number of aliphatic carboxylic acids is 1. The first kappa shape index (κ1) is 106. The van der Waals surface area contributed by atoms with Crippen molar-refractivity contribution in [3.63, 3.8) is 0 Å². The predicted molar refractivity (Wildman–Crippen MR) is 385 cm³/mol. The van der Waals surface area contributed by atoms with Crippen molar-refractivity contribution >= 4 is 11.9 Å². The van der Waals surface area contributed by atoms with E-state index < -0.39 is 428 Å². The van der Waals surface area contributed by atoms with Gasteiger partial charge in [0.05, 0.1) is 78.8 Å². The Bertz CT molecular complexity index is 3430. The Balaban J connectivity index is 0.918. The Morgan fingerprint density at radius 1 is 0.302 bits per heavy atom. The molecule has 0 radical (unpaired) electrons. The van der Waals surface area contributed by atoms with E-state index in [0.29, 0.717) is 0 Å². The molecule has 11 heterocycles. The number of carbonyl (C=O) groups is 2. The molecule has 59 nitrogen and oxygen atoms in total. The topological polar surface area (TPSA) is 948 Å². The maximum atomic E-state index is 13.2. The van der Waals surface area contributed by atoms with E-state index in [1.54, 1.807) is 0 Å². The second kappa shape index (κ2) is 45.6. The van der Waals surface area contributed by atoms with Gasteiger partial charge in [-0.05, 0) is 0 Å². The summed E-state index contributed by atoms with van der Waals surface area (Å²) in [6, 6.07) is -2.14. The summed E-state index contributed by atoms with van der Waals surface area (Å²) in [5.41, 5.74) is 0. The van der Waals surface area contributed by atoms with Gasteiger partial charge in [0, 0.05) is 13.3 Å². The maximum Gasteiger partial charge on any atom is 0.364 e. The fraction of sp³-hybridized carbons (Fsp3) is 0.971. The Labute approximate surface area is 726 Å². The average Bonchev–Trinajstić information content (AvgIpc) is 0.759. The Morgan fingerprint density at radius 3 is 0.922 bits per heavy atom. The van der Waals surface area contributed by atoms with Crippen LogP contribution in [0.4, 0.5) is 0 Å². The van der Waals surface area contributed by atoms with Crippen LogP contribution in [0.5, 0.6) is 0 Å². The lowest BCUT2D eigenvalue weighted by Gasteiger charge is -2.52. The van der Waals surface area contributed by atoms with E-state index in [1.165, 1.54) is 0 Å². The Hall–Kier alpha value is -3.26. The minimum Gasteiger partial charge on any atom is -0.477 e. The third kappa shape index (κ3) is 22.4. The lowest BCUT2D eigenvalue weighted by atomic mass is 9.92. The van der Waals surface area contributed by atoms with Crippen LogP contribution >= 0.6 is 0 Å². The molecule has 11 fully saturated rings. The Morgan fingerprint density at radius 2 is 0.566 bits per heavy atom. The average molecular weight is 1900 g/mol. The molecule has 0 aliphatic carbocycles. The van der Waals surface area contributed by atoms with E-state index in [4.69, 9.17) is 99.5 Å². The van der Waals surface area contributed by atoms with Crippen molar-refractivity contribution in [2.24, 2.45) is 0 Å². The number of aliphatic hydroxyl groups excluding tert-OH is 33. The number of ether oxygens (including phenoxy) is 21. The van der Waals surface area contributed by atoms with Gasteiger partial charge in [-0.3, -0.25) is 4.79 Å².